The van der Waals surface area contributed by atoms with E-state index in [1.165, 1.54) is 5.56 Å². The van der Waals surface area contributed by atoms with Gasteiger partial charge in [-0.2, -0.15) is 0 Å². The maximum Gasteiger partial charge on any atom is 0.220 e. The van der Waals surface area contributed by atoms with Crippen molar-refractivity contribution in [3.05, 3.63) is 35.9 Å². The fourth-order valence-electron chi connectivity index (χ4n) is 2.56. The summed E-state index contributed by atoms with van der Waals surface area (Å²) < 4.78 is 0. The van der Waals surface area contributed by atoms with Crippen molar-refractivity contribution in [3.63, 3.8) is 0 Å². The lowest BCUT2D eigenvalue weighted by atomic mass is 9.85. The second kappa shape index (κ2) is 6.40. The van der Waals surface area contributed by atoms with Crippen molar-refractivity contribution in [1.82, 2.24) is 5.32 Å². The summed E-state index contributed by atoms with van der Waals surface area (Å²) in [6.45, 7) is 5.10. The number of benzene rings is 1. The highest BCUT2D eigenvalue weighted by molar-refractivity contribution is 5.77. The van der Waals surface area contributed by atoms with Crippen molar-refractivity contribution in [2.45, 2.75) is 39.0 Å². The van der Waals surface area contributed by atoms with Crippen LogP contribution in [0.1, 0.15) is 44.6 Å². The Morgan fingerprint density at radius 3 is 2.45 bits per heavy atom. The average molecular weight is 275 g/mol. The average Bonchev–Trinajstić information content (AvgIpc) is 3.24. The van der Waals surface area contributed by atoms with Gasteiger partial charge in [0, 0.05) is 18.4 Å². The van der Waals surface area contributed by atoms with Crippen LogP contribution in [-0.4, -0.2) is 24.2 Å². The van der Waals surface area contributed by atoms with Gasteiger partial charge in [-0.25, -0.2) is 0 Å². The van der Waals surface area contributed by atoms with E-state index in [0.29, 0.717) is 18.9 Å². The molecule has 0 saturated heterocycles. The Morgan fingerprint density at radius 1 is 1.30 bits per heavy atom. The van der Waals surface area contributed by atoms with Crippen molar-refractivity contribution in [1.29, 1.82) is 0 Å². The molecule has 0 spiro atoms. The molecule has 3 nitrogen and oxygen atoms in total. The van der Waals surface area contributed by atoms with Gasteiger partial charge in [-0.1, -0.05) is 44.2 Å². The van der Waals surface area contributed by atoms with Gasteiger partial charge < -0.3 is 10.4 Å². The van der Waals surface area contributed by atoms with E-state index in [1.54, 1.807) is 0 Å². The molecule has 3 heteroatoms. The molecular weight excluding hydrogens is 250 g/mol. The van der Waals surface area contributed by atoms with Crippen LogP contribution in [0.5, 0.6) is 0 Å². The highest BCUT2D eigenvalue weighted by Crippen LogP contribution is 2.44. The Labute approximate surface area is 121 Å². The number of amides is 1. The second-order valence-corrected chi connectivity index (χ2v) is 6.40. The largest absolute Gasteiger partial charge is 0.396 e. The standard InChI is InChI=1S/C17H25NO2/c1-13(2)15(14-6-4-3-5-7-14)10-16(20)18-11-17(12-19)8-9-17/h3-7,13,15,19H,8-12H2,1-2H3,(H,18,20). The summed E-state index contributed by atoms with van der Waals surface area (Å²) in [5.74, 6) is 0.767. The van der Waals surface area contributed by atoms with Crippen LogP contribution in [0.2, 0.25) is 0 Å². The van der Waals surface area contributed by atoms with E-state index in [-0.39, 0.29) is 23.8 Å². The molecule has 2 N–H and O–H groups in total. The summed E-state index contributed by atoms with van der Waals surface area (Å²) in [6.07, 6.45) is 2.56. The molecule has 1 aliphatic rings. The maximum atomic E-state index is 12.1. The number of carbonyl (C=O) groups excluding carboxylic acids is 1. The predicted octanol–water partition coefficient (Wildman–Crippen LogP) is 2.71. The fourth-order valence-corrected chi connectivity index (χ4v) is 2.56. The van der Waals surface area contributed by atoms with Gasteiger partial charge in [0.1, 0.15) is 0 Å². The zero-order valence-corrected chi connectivity index (χ0v) is 12.4. The number of nitrogens with one attached hydrogen (secondary N) is 1. The summed E-state index contributed by atoms with van der Waals surface area (Å²) in [5.41, 5.74) is 1.20. The number of hydrogen-bond donors (Lipinski definition) is 2. The molecule has 110 valence electrons. The predicted molar refractivity (Wildman–Crippen MR) is 80.4 cm³/mol. The summed E-state index contributed by atoms with van der Waals surface area (Å²) in [5, 5.41) is 12.3. The molecule has 0 aliphatic heterocycles. The molecule has 0 heterocycles. The summed E-state index contributed by atoms with van der Waals surface area (Å²) in [7, 11) is 0. The van der Waals surface area contributed by atoms with Crippen molar-refractivity contribution in [2.24, 2.45) is 11.3 Å². The van der Waals surface area contributed by atoms with Crippen LogP contribution < -0.4 is 5.32 Å². The number of hydrogen-bond acceptors (Lipinski definition) is 2. The lowest BCUT2D eigenvalue weighted by molar-refractivity contribution is -0.122. The molecule has 1 aromatic rings. The van der Waals surface area contributed by atoms with E-state index < -0.39 is 0 Å². The third-order valence-corrected chi connectivity index (χ3v) is 4.39. The molecule has 1 atom stereocenters. The van der Waals surface area contributed by atoms with Crippen LogP contribution in [0.25, 0.3) is 0 Å². The zero-order chi connectivity index (χ0) is 14.6. The Kier molecular flexibility index (Phi) is 4.81. The molecule has 0 aromatic heterocycles. The second-order valence-electron chi connectivity index (χ2n) is 6.40. The van der Waals surface area contributed by atoms with Gasteiger partial charge in [0.15, 0.2) is 0 Å². The monoisotopic (exact) mass is 275 g/mol. The molecule has 2 rings (SSSR count). The van der Waals surface area contributed by atoms with E-state index >= 15 is 0 Å². The van der Waals surface area contributed by atoms with Crippen LogP contribution in [0.4, 0.5) is 0 Å². The Hall–Kier alpha value is -1.35. The molecule has 1 aliphatic carbocycles. The molecule has 1 amide bonds. The highest BCUT2D eigenvalue weighted by Gasteiger charge is 2.42. The van der Waals surface area contributed by atoms with E-state index in [4.69, 9.17) is 0 Å². The van der Waals surface area contributed by atoms with Crippen molar-refractivity contribution in [2.75, 3.05) is 13.2 Å². The Bertz CT molecular complexity index is 438. The topological polar surface area (TPSA) is 49.3 Å². The van der Waals surface area contributed by atoms with Gasteiger partial charge in [0.05, 0.1) is 6.61 Å². The van der Waals surface area contributed by atoms with Gasteiger partial charge >= 0.3 is 0 Å². The zero-order valence-electron chi connectivity index (χ0n) is 12.4. The minimum atomic E-state index is -0.0181. The molecular formula is C17H25NO2. The van der Waals surface area contributed by atoms with Crippen LogP contribution in [-0.2, 0) is 4.79 Å². The van der Waals surface area contributed by atoms with Gasteiger partial charge in [-0.05, 0) is 30.2 Å². The summed E-state index contributed by atoms with van der Waals surface area (Å²) in [4.78, 5) is 12.1. The number of aliphatic hydroxyl groups excluding tert-OH is 1. The minimum absolute atomic E-state index is 0.0181. The van der Waals surface area contributed by atoms with Crippen LogP contribution >= 0.6 is 0 Å². The number of carbonyl (C=O) groups is 1. The fraction of sp³-hybridized carbons (Fsp3) is 0.588. The molecule has 1 unspecified atom stereocenters. The SMILES string of the molecule is CC(C)C(CC(=O)NCC1(CO)CC1)c1ccccc1. The normalized spacial score (nSPS) is 17.8. The molecule has 0 radical (unpaired) electrons. The van der Waals surface area contributed by atoms with Crippen LogP contribution in [0, 0.1) is 11.3 Å². The number of rotatable bonds is 7. The lowest BCUT2D eigenvalue weighted by Crippen LogP contribution is -2.33. The van der Waals surface area contributed by atoms with Crippen LogP contribution in [0.3, 0.4) is 0 Å². The quantitative estimate of drug-likeness (QED) is 0.804. The van der Waals surface area contributed by atoms with E-state index in [2.05, 4.69) is 31.3 Å². The van der Waals surface area contributed by atoms with E-state index in [0.717, 1.165) is 12.8 Å². The first kappa shape index (κ1) is 15.0. The first-order valence-electron chi connectivity index (χ1n) is 7.49. The van der Waals surface area contributed by atoms with Gasteiger partial charge in [-0.15, -0.1) is 0 Å². The number of aliphatic hydroxyl groups is 1. The Morgan fingerprint density at radius 2 is 1.95 bits per heavy atom. The van der Waals surface area contributed by atoms with E-state index in [9.17, 15) is 9.90 Å². The molecule has 1 aromatic carbocycles. The summed E-state index contributed by atoms with van der Waals surface area (Å²) >= 11 is 0. The first-order valence-corrected chi connectivity index (χ1v) is 7.49. The van der Waals surface area contributed by atoms with Gasteiger partial charge in [-0.3, -0.25) is 4.79 Å². The lowest BCUT2D eigenvalue weighted by Gasteiger charge is -2.21. The summed E-state index contributed by atoms with van der Waals surface area (Å²) in [6, 6.07) is 10.2. The molecule has 1 saturated carbocycles. The molecule has 20 heavy (non-hydrogen) atoms. The van der Waals surface area contributed by atoms with Crippen molar-refractivity contribution < 1.29 is 9.90 Å². The third kappa shape index (κ3) is 3.83. The van der Waals surface area contributed by atoms with Crippen molar-refractivity contribution in [3.8, 4) is 0 Å². The Balaban J connectivity index is 1.90. The molecule has 0 bridgehead atoms. The van der Waals surface area contributed by atoms with E-state index in [1.807, 2.05) is 18.2 Å². The first-order chi connectivity index (χ1) is 9.56. The van der Waals surface area contributed by atoms with Gasteiger partial charge in [0.25, 0.3) is 0 Å². The van der Waals surface area contributed by atoms with Crippen LogP contribution in [0.15, 0.2) is 30.3 Å². The van der Waals surface area contributed by atoms with Gasteiger partial charge in [0.2, 0.25) is 5.91 Å². The van der Waals surface area contributed by atoms with Crippen molar-refractivity contribution >= 4 is 5.91 Å². The highest BCUT2D eigenvalue weighted by atomic mass is 16.3. The third-order valence-electron chi connectivity index (χ3n) is 4.39. The maximum absolute atomic E-state index is 12.1. The smallest absolute Gasteiger partial charge is 0.220 e. The molecule has 1 fully saturated rings. The minimum Gasteiger partial charge on any atom is -0.396 e.